The lowest BCUT2D eigenvalue weighted by molar-refractivity contribution is 0.796. The van der Waals surface area contributed by atoms with Crippen molar-refractivity contribution < 1.29 is 0 Å². The summed E-state index contributed by atoms with van der Waals surface area (Å²) in [5, 5.41) is 0. The summed E-state index contributed by atoms with van der Waals surface area (Å²) in [5.74, 6) is 2.68. The van der Waals surface area contributed by atoms with E-state index < -0.39 is 0 Å². The third-order valence-corrected chi connectivity index (χ3v) is 4.67. The predicted octanol–water partition coefficient (Wildman–Crippen LogP) is 7.12. The molecule has 0 unspecified atom stereocenters. The van der Waals surface area contributed by atoms with Crippen molar-refractivity contribution in [2.24, 2.45) is 0 Å². The number of rotatable bonds is 13. The van der Waals surface area contributed by atoms with Crippen LogP contribution < -0.4 is 0 Å². The highest BCUT2D eigenvalue weighted by atomic mass is 14.0. The van der Waals surface area contributed by atoms with E-state index in [2.05, 4.69) is 39.7 Å². The molecule has 0 aliphatic heterocycles. The van der Waals surface area contributed by atoms with Gasteiger partial charge in [-0.3, -0.25) is 0 Å². The lowest BCUT2D eigenvalue weighted by Gasteiger charge is -2.37. The van der Waals surface area contributed by atoms with Crippen LogP contribution in [0, 0.1) is 0 Å². The zero-order valence-corrected chi connectivity index (χ0v) is 14.2. The lowest BCUT2D eigenvalue weighted by Crippen LogP contribution is -2.31. The van der Waals surface area contributed by atoms with Crippen LogP contribution in [0.3, 0.4) is 0 Å². The summed E-state index contributed by atoms with van der Waals surface area (Å²) in [7, 11) is 0. The second-order valence-corrected chi connectivity index (χ2v) is 6.57. The Balaban J connectivity index is 4.60. The van der Waals surface area contributed by atoms with E-state index in [1.807, 2.05) is 0 Å². The molecule has 1 heteroatoms. The van der Waals surface area contributed by atoms with Gasteiger partial charge in [-0.2, -0.15) is 19.0 Å². The van der Waals surface area contributed by atoms with Crippen molar-refractivity contribution in [1.82, 2.24) is 0 Å². The second kappa shape index (κ2) is 12.8. The third kappa shape index (κ3) is 9.35. The Morgan fingerprint density at radius 3 is 1.42 bits per heavy atom. The van der Waals surface area contributed by atoms with E-state index in [0.29, 0.717) is 0 Å². The molecule has 0 nitrogen and oxygen atoms in total. The summed E-state index contributed by atoms with van der Waals surface area (Å²) in [6.45, 7) is 9.29. The van der Waals surface area contributed by atoms with Crippen LogP contribution in [0.2, 0.25) is 19.0 Å². The van der Waals surface area contributed by atoms with Crippen LogP contribution in [-0.2, 0) is 0 Å². The maximum absolute atomic E-state index is 2.68. The van der Waals surface area contributed by atoms with E-state index in [1.54, 1.807) is 0 Å². The summed E-state index contributed by atoms with van der Waals surface area (Å²) >= 11 is 0. The highest BCUT2D eigenvalue weighted by molar-refractivity contribution is 6.84. The van der Waals surface area contributed by atoms with E-state index in [0.717, 1.165) is 0 Å². The third-order valence-electron chi connectivity index (χ3n) is 4.67. The van der Waals surface area contributed by atoms with Crippen molar-refractivity contribution >= 4 is 6.15 Å². The number of hydrogen-bond donors (Lipinski definition) is 0. The van der Waals surface area contributed by atoms with Crippen molar-refractivity contribution in [3.8, 4) is 0 Å². The SMILES string of the molecule is CCCC/C=C/[B-](CCCC)(CCCC)CCCC. The van der Waals surface area contributed by atoms with Crippen molar-refractivity contribution in [2.75, 3.05) is 0 Å². The molecule has 0 saturated carbocycles. The Kier molecular flexibility index (Phi) is 12.7. The first-order valence-electron chi connectivity index (χ1n) is 9.13. The molecule has 0 radical (unpaired) electrons. The fourth-order valence-electron chi connectivity index (χ4n) is 3.26. The van der Waals surface area contributed by atoms with Gasteiger partial charge in [0.25, 0.3) is 0 Å². The van der Waals surface area contributed by atoms with Gasteiger partial charge in [-0.25, -0.2) is 5.98 Å². The predicted molar refractivity (Wildman–Crippen MR) is 93.6 cm³/mol. The van der Waals surface area contributed by atoms with Gasteiger partial charge in [0.05, 0.1) is 0 Å². The van der Waals surface area contributed by atoms with E-state index >= 15 is 0 Å². The minimum absolute atomic E-state index is 0.202. The first-order valence-corrected chi connectivity index (χ1v) is 9.13. The molecule has 0 N–H and O–H groups in total. The van der Waals surface area contributed by atoms with Crippen LogP contribution in [0.5, 0.6) is 0 Å². The molecule has 0 amide bonds. The molecular weight excluding hydrogens is 227 g/mol. The van der Waals surface area contributed by atoms with Gasteiger partial charge in [-0.15, -0.1) is 6.08 Å². The van der Waals surface area contributed by atoms with Crippen LogP contribution in [0.15, 0.2) is 12.1 Å². The molecule has 0 aromatic heterocycles. The molecular formula is C18H38B-. The van der Waals surface area contributed by atoms with Crippen molar-refractivity contribution in [1.29, 1.82) is 0 Å². The average molecular weight is 265 g/mol. The van der Waals surface area contributed by atoms with E-state index in [9.17, 15) is 0 Å². The molecule has 0 heterocycles. The van der Waals surface area contributed by atoms with Gasteiger partial charge in [0.2, 0.25) is 0 Å². The standard InChI is InChI=1S/C18H38B/c1-5-9-13-14-18-19(15-10-6-2,16-11-7-3)17-12-8-4/h14,18H,5-13,15-17H2,1-4H3/q-1/b18-14+. The van der Waals surface area contributed by atoms with Crippen molar-refractivity contribution in [3.05, 3.63) is 12.1 Å². The molecule has 0 rings (SSSR count). The zero-order chi connectivity index (χ0) is 14.4. The monoisotopic (exact) mass is 265 g/mol. The number of unbranched alkanes of at least 4 members (excludes halogenated alkanes) is 5. The van der Waals surface area contributed by atoms with Gasteiger partial charge in [0.1, 0.15) is 0 Å². The van der Waals surface area contributed by atoms with Crippen molar-refractivity contribution in [2.45, 2.75) is 104 Å². The molecule has 0 bridgehead atoms. The molecule has 114 valence electrons. The van der Waals surface area contributed by atoms with Crippen molar-refractivity contribution in [3.63, 3.8) is 0 Å². The zero-order valence-electron chi connectivity index (χ0n) is 14.2. The van der Waals surface area contributed by atoms with Crippen LogP contribution in [0.25, 0.3) is 0 Å². The van der Waals surface area contributed by atoms with Gasteiger partial charge in [-0.05, 0) is 6.42 Å². The highest BCUT2D eigenvalue weighted by Gasteiger charge is 2.19. The quantitative estimate of drug-likeness (QED) is 0.245. The Morgan fingerprint density at radius 2 is 1.05 bits per heavy atom. The fraction of sp³-hybridized carbons (Fsp3) is 0.889. The van der Waals surface area contributed by atoms with Gasteiger partial charge >= 0.3 is 0 Å². The first kappa shape index (κ1) is 18.8. The van der Waals surface area contributed by atoms with Gasteiger partial charge in [0.15, 0.2) is 0 Å². The van der Waals surface area contributed by atoms with Crippen LogP contribution in [-0.4, -0.2) is 6.15 Å². The summed E-state index contributed by atoms with van der Waals surface area (Å²) < 4.78 is 0. The Bertz CT molecular complexity index is 186. The lowest BCUT2D eigenvalue weighted by atomic mass is 9.19. The van der Waals surface area contributed by atoms with Crippen LogP contribution >= 0.6 is 0 Å². The molecule has 0 spiro atoms. The Hall–Kier alpha value is -0.195. The van der Waals surface area contributed by atoms with E-state index in [1.165, 1.54) is 76.7 Å². The van der Waals surface area contributed by atoms with Gasteiger partial charge < -0.3 is 0 Å². The molecule has 0 saturated heterocycles. The van der Waals surface area contributed by atoms with Gasteiger partial charge in [0, 0.05) is 6.15 Å². The highest BCUT2D eigenvalue weighted by Crippen LogP contribution is 2.30. The molecule has 0 aliphatic rings. The maximum atomic E-state index is 2.68. The Labute approximate surface area is 123 Å². The largest absolute Gasteiger partial charge is 0.250 e. The maximum Gasteiger partial charge on any atom is 0.0196 e. The topological polar surface area (TPSA) is 0 Å². The minimum Gasteiger partial charge on any atom is -0.250 e. The fourth-order valence-corrected chi connectivity index (χ4v) is 3.26. The van der Waals surface area contributed by atoms with Gasteiger partial charge in [-0.1, -0.05) is 79.1 Å². The summed E-state index contributed by atoms with van der Waals surface area (Å²) in [5.41, 5.74) is 0. The normalized spacial score (nSPS) is 12.4. The Morgan fingerprint density at radius 1 is 0.632 bits per heavy atom. The first-order chi connectivity index (χ1) is 9.24. The molecule has 0 aromatic carbocycles. The average Bonchev–Trinajstić information content (AvgIpc) is 2.44. The summed E-state index contributed by atoms with van der Waals surface area (Å²) in [6.07, 6.45) is 19.0. The van der Waals surface area contributed by atoms with E-state index in [4.69, 9.17) is 0 Å². The summed E-state index contributed by atoms with van der Waals surface area (Å²) in [6, 6.07) is 0. The van der Waals surface area contributed by atoms with Crippen LogP contribution in [0.1, 0.15) is 85.5 Å². The van der Waals surface area contributed by atoms with Crippen LogP contribution in [0.4, 0.5) is 0 Å². The summed E-state index contributed by atoms with van der Waals surface area (Å²) in [4.78, 5) is 0. The minimum atomic E-state index is -0.202. The molecule has 0 aliphatic carbocycles. The molecule has 0 aromatic rings. The number of allylic oxidation sites excluding steroid dienone is 1. The second-order valence-electron chi connectivity index (χ2n) is 6.57. The molecule has 0 fully saturated rings. The molecule has 0 atom stereocenters. The number of hydrogen-bond acceptors (Lipinski definition) is 0. The van der Waals surface area contributed by atoms with E-state index in [-0.39, 0.29) is 6.15 Å². The smallest absolute Gasteiger partial charge is 0.0196 e. The molecule has 19 heavy (non-hydrogen) atoms.